The Morgan fingerprint density at radius 2 is 1.85 bits per heavy atom. The van der Waals surface area contributed by atoms with Gasteiger partial charge in [0.15, 0.2) is 0 Å². The molecule has 1 aromatic rings. The van der Waals surface area contributed by atoms with Gasteiger partial charge in [0.05, 0.1) is 12.7 Å². The van der Waals surface area contributed by atoms with E-state index >= 15 is 0 Å². The minimum absolute atomic E-state index is 0.103. The second-order valence-electron chi connectivity index (χ2n) is 6.02. The molecular weight excluding hydrogens is 248 g/mol. The Balaban J connectivity index is 1.78. The van der Waals surface area contributed by atoms with Crippen LogP contribution in [0.25, 0.3) is 0 Å². The minimum Gasteiger partial charge on any atom is -0.494 e. The van der Waals surface area contributed by atoms with Gasteiger partial charge in [-0.2, -0.15) is 0 Å². The SMILES string of the molecule is CCCCCOc1ccc(CC2CCCCC2O)cc1. The molecule has 0 aromatic heterocycles. The van der Waals surface area contributed by atoms with Crippen LogP contribution < -0.4 is 4.74 Å². The fourth-order valence-electron chi connectivity index (χ4n) is 2.99. The molecular formula is C18H28O2. The molecule has 0 bridgehead atoms. The second kappa shape index (κ2) is 8.31. The molecule has 0 radical (unpaired) electrons. The molecule has 0 spiro atoms. The van der Waals surface area contributed by atoms with Gasteiger partial charge in [0.25, 0.3) is 0 Å². The standard InChI is InChI=1S/C18H28O2/c1-2-3-6-13-20-17-11-9-15(10-12-17)14-16-7-4-5-8-18(16)19/h9-12,16,18-19H,2-8,13-14H2,1H3. The highest BCUT2D eigenvalue weighted by Gasteiger charge is 2.22. The zero-order valence-electron chi connectivity index (χ0n) is 12.7. The lowest BCUT2D eigenvalue weighted by molar-refractivity contribution is 0.0700. The third kappa shape index (κ3) is 4.82. The minimum atomic E-state index is -0.103. The van der Waals surface area contributed by atoms with E-state index in [2.05, 4.69) is 31.2 Å². The van der Waals surface area contributed by atoms with E-state index in [4.69, 9.17) is 4.74 Å². The Morgan fingerprint density at radius 3 is 2.55 bits per heavy atom. The smallest absolute Gasteiger partial charge is 0.119 e. The average Bonchev–Trinajstić information content (AvgIpc) is 2.48. The van der Waals surface area contributed by atoms with E-state index in [1.54, 1.807) is 0 Å². The van der Waals surface area contributed by atoms with Gasteiger partial charge in [-0.25, -0.2) is 0 Å². The highest BCUT2D eigenvalue weighted by molar-refractivity contribution is 5.27. The van der Waals surface area contributed by atoms with Crippen LogP contribution in [0, 0.1) is 5.92 Å². The van der Waals surface area contributed by atoms with E-state index in [1.165, 1.54) is 31.2 Å². The molecule has 1 saturated carbocycles. The summed E-state index contributed by atoms with van der Waals surface area (Å²) in [5.74, 6) is 1.41. The Morgan fingerprint density at radius 1 is 1.10 bits per heavy atom. The number of ether oxygens (including phenoxy) is 1. The zero-order valence-corrected chi connectivity index (χ0v) is 12.7. The number of hydrogen-bond acceptors (Lipinski definition) is 2. The monoisotopic (exact) mass is 276 g/mol. The lowest BCUT2D eigenvalue weighted by Crippen LogP contribution is -2.26. The Labute approximate surface area is 123 Å². The molecule has 2 nitrogen and oxygen atoms in total. The van der Waals surface area contributed by atoms with Crippen LogP contribution in [0.1, 0.15) is 57.4 Å². The fraction of sp³-hybridized carbons (Fsp3) is 0.667. The predicted molar refractivity (Wildman–Crippen MR) is 83.1 cm³/mol. The Hall–Kier alpha value is -1.02. The maximum absolute atomic E-state index is 10.0. The van der Waals surface area contributed by atoms with Crippen molar-refractivity contribution in [2.45, 2.75) is 64.4 Å². The molecule has 0 amide bonds. The first-order valence-corrected chi connectivity index (χ1v) is 8.19. The molecule has 20 heavy (non-hydrogen) atoms. The van der Waals surface area contributed by atoms with Crippen LogP contribution in [0.5, 0.6) is 5.75 Å². The fourth-order valence-corrected chi connectivity index (χ4v) is 2.99. The maximum atomic E-state index is 10.0. The van der Waals surface area contributed by atoms with Crippen molar-refractivity contribution in [3.8, 4) is 5.75 Å². The molecule has 2 unspecified atom stereocenters. The van der Waals surface area contributed by atoms with E-state index in [-0.39, 0.29) is 6.10 Å². The first-order chi connectivity index (χ1) is 9.79. The van der Waals surface area contributed by atoms with Crippen molar-refractivity contribution in [2.24, 2.45) is 5.92 Å². The van der Waals surface area contributed by atoms with Crippen molar-refractivity contribution in [2.75, 3.05) is 6.61 Å². The van der Waals surface area contributed by atoms with Crippen molar-refractivity contribution >= 4 is 0 Å². The summed E-state index contributed by atoms with van der Waals surface area (Å²) in [6.07, 6.45) is 9.07. The lowest BCUT2D eigenvalue weighted by Gasteiger charge is -2.27. The average molecular weight is 276 g/mol. The van der Waals surface area contributed by atoms with Crippen LogP contribution in [0.4, 0.5) is 0 Å². The molecule has 2 heteroatoms. The predicted octanol–water partition coefficient (Wildman–Crippen LogP) is 4.35. The number of aliphatic hydroxyl groups is 1. The van der Waals surface area contributed by atoms with Gasteiger partial charge in [-0.3, -0.25) is 0 Å². The number of benzene rings is 1. The van der Waals surface area contributed by atoms with Crippen LogP contribution in [-0.4, -0.2) is 17.8 Å². The van der Waals surface area contributed by atoms with Gasteiger partial charge in [-0.1, -0.05) is 44.7 Å². The Kier molecular flexibility index (Phi) is 6.38. The van der Waals surface area contributed by atoms with Gasteiger partial charge < -0.3 is 9.84 Å². The molecule has 2 rings (SSSR count). The van der Waals surface area contributed by atoms with Gasteiger partial charge >= 0.3 is 0 Å². The summed E-state index contributed by atoms with van der Waals surface area (Å²) in [6.45, 7) is 3.02. The van der Waals surface area contributed by atoms with Crippen LogP contribution in [0.15, 0.2) is 24.3 Å². The van der Waals surface area contributed by atoms with Crippen molar-refractivity contribution < 1.29 is 9.84 Å². The summed E-state index contributed by atoms with van der Waals surface area (Å²) < 4.78 is 5.72. The number of rotatable bonds is 7. The highest BCUT2D eigenvalue weighted by Crippen LogP contribution is 2.28. The van der Waals surface area contributed by atoms with E-state index in [1.807, 2.05) is 0 Å². The second-order valence-corrected chi connectivity index (χ2v) is 6.02. The molecule has 0 aliphatic heterocycles. The van der Waals surface area contributed by atoms with Crippen LogP contribution >= 0.6 is 0 Å². The molecule has 0 saturated heterocycles. The zero-order chi connectivity index (χ0) is 14.2. The molecule has 1 N–H and O–H groups in total. The largest absolute Gasteiger partial charge is 0.494 e. The number of aliphatic hydroxyl groups excluding tert-OH is 1. The van der Waals surface area contributed by atoms with Gasteiger partial charge in [0, 0.05) is 0 Å². The first kappa shape index (κ1) is 15.4. The summed E-state index contributed by atoms with van der Waals surface area (Å²) in [5, 5.41) is 10.0. The van der Waals surface area contributed by atoms with Crippen molar-refractivity contribution in [1.29, 1.82) is 0 Å². The summed E-state index contributed by atoms with van der Waals surface area (Å²) in [4.78, 5) is 0. The molecule has 0 heterocycles. The maximum Gasteiger partial charge on any atom is 0.119 e. The van der Waals surface area contributed by atoms with Crippen molar-refractivity contribution in [3.05, 3.63) is 29.8 Å². The van der Waals surface area contributed by atoms with Crippen molar-refractivity contribution in [1.82, 2.24) is 0 Å². The van der Waals surface area contributed by atoms with E-state index < -0.39 is 0 Å². The van der Waals surface area contributed by atoms with Gasteiger partial charge in [-0.05, 0) is 49.3 Å². The third-order valence-electron chi connectivity index (χ3n) is 4.31. The number of unbranched alkanes of at least 4 members (excludes halogenated alkanes) is 2. The van der Waals surface area contributed by atoms with Crippen molar-refractivity contribution in [3.63, 3.8) is 0 Å². The van der Waals surface area contributed by atoms with Crippen LogP contribution in [0.3, 0.4) is 0 Å². The first-order valence-electron chi connectivity index (χ1n) is 8.19. The molecule has 1 aromatic carbocycles. The summed E-state index contributed by atoms with van der Waals surface area (Å²) >= 11 is 0. The molecule has 1 aliphatic rings. The summed E-state index contributed by atoms with van der Waals surface area (Å²) in [5.41, 5.74) is 1.32. The summed E-state index contributed by atoms with van der Waals surface area (Å²) in [6, 6.07) is 8.43. The molecule has 1 aliphatic carbocycles. The molecule has 112 valence electrons. The number of hydrogen-bond donors (Lipinski definition) is 1. The van der Waals surface area contributed by atoms with Gasteiger partial charge in [0.2, 0.25) is 0 Å². The van der Waals surface area contributed by atoms with Crippen LogP contribution in [-0.2, 0) is 6.42 Å². The van der Waals surface area contributed by atoms with E-state index in [9.17, 15) is 5.11 Å². The molecule has 1 fully saturated rings. The van der Waals surface area contributed by atoms with E-state index in [0.717, 1.165) is 38.0 Å². The third-order valence-corrected chi connectivity index (χ3v) is 4.31. The van der Waals surface area contributed by atoms with E-state index in [0.29, 0.717) is 5.92 Å². The van der Waals surface area contributed by atoms with Gasteiger partial charge in [-0.15, -0.1) is 0 Å². The molecule has 2 atom stereocenters. The lowest BCUT2D eigenvalue weighted by atomic mass is 9.82. The highest BCUT2D eigenvalue weighted by atomic mass is 16.5. The van der Waals surface area contributed by atoms with Crippen LogP contribution in [0.2, 0.25) is 0 Å². The Bertz CT molecular complexity index is 372. The van der Waals surface area contributed by atoms with Gasteiger partial charge in [0.1, 0.15) is 5.75 Å². The quantitative estimate of drug-likeness (QED) is 0.750. The normalized spacial score (nSPS) is 22.7. The topological polar surface area (TPSA) is 29.5 Å². The summed E-state index contributed by atoms with van der Waals surface area (Å²) in [7, 11) is 0.